The van der Waals surface area contributed by atoms with E-state index in [1.54, 1.807) is 18.9 Å². The molecule has 9 heteroatoms. The molecule has 1 saturated heterocycles. The fourth-order valence-electron chi connectivity index (χ4n) is 6.00. The second-order valence-electron chi connectivity index (χ2n) is 11.5. The van der Waals surface area contributed by atoms with Gasteiger partial charge in [-0.05, 0) is 0 Å². The van der Waals surface area contributed by atoms with E-state index in [-0.39, 0.29) is 12.5 Å². The molecule has 2 aromatic rings. The van der Waals surface area contributed by atoms with Crippen LogP contribution < -0.4 is 23.4 Å². The Kier molecular flexibility index (Phi) is 13.9. The summed E-state index contributed by atoms with van der Waals surface area (Å²) in [5.74, 6) is 2.29. The van der Waals surface area contributed by atoms with Crippen molar-refractivity contribution in [1.29, 1.82) is 0 Å². The zero-order valence-electron chi connectivity index (χ0n) is 25.7. The van der Waals surface area contributed by atoms with Gasteiger partial charge in [-0.15, -0.1) is 0 Å². The van der Waals surface area contributed by atoms with E-state index in [0.717, 1.165) is 49.5 Å². The van der Waals surface area contributed by atoms with Crippen LogP contribution in [-0.2, 0) is 11.3 Å². The molecule has 0 unspecified atom stereocenters. The summed E-state index contributed by atoms with van der Waals surface area (Å²) in [4.78, 5) is 15.2. The number of hydrogen-bond donors (Lipinski definition) is 1. The van der Waals surface area contributed by atoms with Crippen molar-refractivity contribution in [2.75, 3.05) is 38.8 Å². The molecule has 0 aliphatic carbocycles. The Hall–Kier alpha value is -1.97. The van der Waals surface area contributed by atoms with E-state index in [1.807, 2.05) is 6.07 Å². The molecular formula is C31H53N5O3Sn. The van der Waals surface area contributed by atoms with Crippen molar-refractivity contribution in [2.45, 2.75) is 98.4 Å². The summed E-state index contributed by atoms with van der Waals surface area (Å²) in [7, 11) is 3.37. The predicted octanol–water partition coefficient (Wildman–Crippen LogP) is 5.77. The van der Waals surface area contributed by atoms with E-state index in [0.29, 0.717) is 12.5 Å². The molecule has 1 aliphatic rings. The van der Waals surface area contributed by atoms with Gasteiger partial charge in [-0.1, -0.05) is 0 Å². The van der Waals surface area contributed by atoms with Crippen LogP contribution in [0.1, 0.15) is 78.6 Å². The first-order valence-corrected chi connectivity index (χ1v) is 23.1. The Labute approximate surface area is 246 Å². The molecule has 3 rings (SSSR count). The molecule has 0 bridgehead atoms. The van der Waals surface area contributed by atoms with Gasteiger partial charge >= 0.3 is 188 Å². The van der Waals surface area contributed by atoms with E-state index >= 15 is 0 Å². The average Bonchev–Trinajstić information content (AvgIpc) is 3.45. The molecule has 1 aromatic heterocycles. The van der Waals surface area contributed by atoms with Crippen LogP contribution in [0.3, 0.4) is 0 Å². The first-order valence-electron chi connectivity index (χ1n) is 15.6. The van der Waals surface area contributed by atoms with Gasteiger partial charge < -0.3 is 9.47 Å². The van der Waals surface area contributed by atoms with Crippen molar-refractivity contribution in [3.05, 3.63) is 24.4 Å². The molecule has 1 amide bonds. The van der Waals surface area contributed by atoms with Crippen LogP contribution in [0.4, 0.5) is 5.69 Å². The number of carbonyl (C=O) groups excluding carboxylic acids is 1. The SMILES string of the molecule is CCC[CH2][Sn]([CH2]CCC)([CH2]CCC)[c]1cn(CC(=O)NCCC2CCN(c3cc(OC)cc(OC)c3)CC2)nn1. The average molecular weight is 663 g/mol. The number of hydrogen-bond acceptors (Lipinski definition) is 6. The van der Waals surface area contributed by atoms with Gasteiger partial charge in [0.25, 0.3) is 0 Å². The molecule has 2 heterocycles. The van der Waals surface area contributed by atoms with Gasteiger partial charge in [-0.3, -0.25) is 0 Å². The summed E-state index contributed by atoms with van der Waals surface area (Å²) < 4.78 is 18.0. The van der Waals surface area contributed by atoms with Gasteiger partial charge in [-0.25, -0.2) is 0 Å². The van der Waals surface area contributed by atoms with Gasteiger partial charge in [0.15, 0.2) is 0 Å². The summed E-state index contributed by atoms with van der Waals surface area (Å²) in [6.45, 7) is 9.85. The van der Waals surface area contributed by atoms with Gasteiger partial charge in [0.2, 0.25) is 0 Å². The summed E-state index contributed by atoms with van der Waals surface area (Å²) >= 11 is -2.61. The third-order valence-corrected chi connectivity index (χ3v) is 23.6. The van der Waals surface area contributed by atoms with Gasteiger partial charge in [0.05, 0.1) is 14.2 Å². The molecule has 0 saturated carbocycles. The number of piperidine rings is 1. The zero-order chi connectivity index (χ0) is 28.8. The van der Waals surface area contributed by atoms with Crippen molar-refractivity contribution in [3.8, 4) is 11.5 Å². The maximum atomic E-state index is 12.8. The summed E-state index contributed by atoms with van der Waals surface area (Å²) in [6.07, 6.45) is 13.0. The first kappa shape index (κ1) is 32.5. The molecular weight excluding hydrogens is 609 g/mol. The Morgan fingerprint density at radius 3 is 2.05 bits per heavy atom. The number of rotatable bonds is 18. The normalized spacial score (nSPS) is 14.4. The van der Waals surface area contributed by atoms with Crippen molar-refractivity contribution in [2.24, 2.45) is 5.92 Å². The van der Waals surface area contributed by atoms with E-state index in [2.05, 4.69) is 54.5 Å². The van der Waals surface area contributed by atoms with E-state index < -0.39 is 18.4 Å². The zero-order valence-corrected chi connectivity index (χ0v) is 28.6. The number of unbranched alkanes of at least 4 members (excludes halogenated alkanes) is 3. The van der Waals surface area contributed by atoms with Crippen molar-refractivity contribution in [1.82, 2.24) is 20.3 Å². The van der Waals surface area contributed by atoms with Crippen LogP contribution in [0.15, 0.2) is 24.4 Å². The van der Waals surface area contributed by atoms with Crippen LogP contribution in [-0.4, -0.2) is 73.1 Å². The molecule has 0 radical (unpaired) electrons. The fourth-order valence-corrected chi connectivity index (χ4v) is 21.1. The molecule has 40 heavy (non-hydrogen) atoms. The maximum absolute atomic E-state index is 12.8. The number of methoxy groups -OCH3 is 2. The molecule has 224 valence electrons. The van der Waals surface area contributed by atoms with Crippen molar-refractivity contribution < 1.29 is 14.3 Å². The Balaban J connectivity index is 1.47. The second kappa shape index (κ2) is 17.1. The Morgan fingerprint density at radius 1 is 0.950 bits per heavy atom. The third kappa shape index (κ3) is 9.55. The first-order chi connectivity index (χ1) is 19.5. The third-order valence-electron chi connectivity index (χ3n) is 8.60. The summed E-state index contributed by atoms with van der Waals surface area (Å²) in [5.41, 5.74) is 1.14. The topological polar surface area (TPSA) is 81.5 Å². The van der Waals surface area contributed by atoms with Gasteiger partial charge in [0.1, 0.15) is 11.5 Å². The number of nitrogens with one attached hydrogen (secondary N) is 1. The number of anilines is 1. The van der Waals surface area contributed by atoms with Crippen molar-refractivity contribution in [3.63, 3.8) is 0 Å². The quantitative estimate of drug-likeness (QED) is 0.204. The molecule has 0 atom stereocenters. The predicted molar refractivity (Wildman–Crippen MR) is 167 cm³/mol. The van der Waals surface area contributed by atoms with Gasteiger partial charge in [0, 0.05) is 23.9 Å². The minimum absolute atomic E-state index is 0.0360. The molecule has 1 aromatic carbocycles. The van der Waals surface area contributed by atoms with Crippen LogP contribution in [0.5, 0.6) is 11.5 Å². The minimum atomic E-state index is -2.61. The number of ether oxygens (including phenoxy) is 2. The number of amides is 1. The Morgan fingerprint density at radius 2 is 1.52 bits per heavy atom. The van der Waals surface area contributed by atoms with E-state index in [9.17, 15) is 4.79 Å². The number of nitrogens with zero attached hydrogens (tertiary/aromatic N) is 4. The number of benzene rings is 1. The van der Waals surface area contributed by atoms with Crippen LogP contribution in [0, 0.1) is 5.92 Å². The number of carbonyl (C=O) groups is 1. The standard InChI is InChI=1S/C19H26N5O3.3C4H9.Sn/c1-26-17-11-16(12-18(13-17)27-2)23-8-4-15(5-9-23)3-6-20-19(25)14-24-10-7-21-22-24;3*1-3-4-2;/h10-13,15H,3-6,8-9,14H2,1-2H3,(H,20,25);3*1,3-4H2,2H3;. The summed E-state index contributed by atoms with van der Waals surface area (Å²) in [5, 5.41) is 12.3. The molecule has 1 fully saturated rings. The fraction of sp³-hybridized carbons (Fsp3) is 0.710. The molecule has 1 aliphatic heterocycles. The second-order valence-corrected chi connectivity index (χ2v) is 24.6. The molecule has 0 spiro atoms. The monoisotopic (exact) mass is 663 g/mol. The molecule has 1 N–H and O–H groups in total. The van der Waals surface area contributed by atoms with Gasteiger partial charge in [-0.2, -0.15) is 0 Å². The van der Waals surface area contributed by atoms with Crippen molar-refractivity contribution >= 4 is 33.7 Å². The molecule has 8 nitrogen and oxygen atoms in total. The van der Waals surface area contributed by atoms with Crippen LogP contribution >= 0.6 is 0 Å². The number of aromatic nitrogens is 3. The Bertz CT molecular complexity index is 978. The van der Waals surface area contributed by atoms with Crippen LogP contribution in [0.25, 0.3) is 0 Å². The van der Waals surface area contributed by atoms with E-state index in [4.69, 9.17) is 14.6 Å². The van der Waals surface area contributed by atoms with Crippen LogP contribution in [0.2, 0.25) is 13.3 Å². The summed E-state index contributed by atoms with van der Waals surface area (Å²) in [6, 6.07) is 6.05. The van der Waals surface area contributed by atoms with E-state index in [1.165, 1.54) is 55.5 Å².